The Morgan fingerprint density at radius 3 is 2.58 bits per heavy atom. The molecular weight excluding hydrogens is 232 g/mol. The summed E-state index contributed by atoms with van der Waals surface area (Å²) < 4.78 is 0. The highest BCUT2D eigenvalue weighted by atomic mass is 14.7. The van der Waals surface area contributed by atoms with Crippen LogP contribution in [0.5, 0.6) is 0 Å². The van der Waals surface area contributed by atoms with Gasteiger partial charge in [-0.05, 0) is 44.4 Å². The van der Waals surface area contributed by atoms with Gasteiger partial charge in [0.2, 0.25) is 0 Å². The summed E-state index contributed by atoms with van der Waals surface area (Å²) in [6, 6.07) is 6.70. The van der Waals surface area contributed by atoms with Crippen LogP contribution in [0.2, 0.25) is 0 Å². The van der Waals surface area contributed by atoms with E-state index in [0.29, 0.717) is 0 Å². The highest BCUT2D eigenvalue weighted by molar-refractivity contribution is 5.86. The van der Waals surface area contributed by atoms with Gasteiger partial charge in [-0.3, -0.25) is 0 Å². The summed E-state index contributed by atoms with van der Waals surface area (Å²) >= 11 is 0. The van der Waals surface area contributed by atoms with E-state index in [4.69, 9.17) is 5.73 Å². The molecule has 1 heterocycles. The number of hydrogen-bond acceptors (Lipinski definition) is 1. The number of aromatic amines is 1. The zero-order valence-corrected chi connectivity index (χ0v) is 12.1. The van der Waals surface area contributed by atoms with Crippen molar-refractivity contribution in [2.24, 2.45) is 5.73 Å². The lowest BCUT2D eigenvalue weighted by molar-refractivity contribution is 0.302. The summed E-state index contributed by atoms with van der Waals surface area (Å²) in [6.07, 6.45) is 6.48. The molecular formula is C17H24N2. The maximum atomic E-state index is 6.21. The minimum Gasteiger partial charge on any atom is -0.358 e. The molecule has 3 N–H and O–H groups in total. The van der Waals surface area contributed by atoms with Gasteiger partial charge in [0.15, 0.2) is 0 Å². The molecule has 0 unspecified atom stereocenters. The Balaban J connectivity index is 2.22. The molecule has 1 saturated carbocycles. The average Bonchev–Trinajstić information content (AvgIpc) is 2.75. The van der Waals surface area contributed by atoms with Gasteiger partial charge in [0.25, 0.3) is 0 Å². The molecule has 2 heteroatoms. The third-order valence-corrected chi connectivity index (χ3v) is 4.87. The van der Waals surface area contributed by atoms with Crippen molar-refractivity contribution in [1.29, 1.82) is 0 Å². The Morgan fingerprint density at radius 2 is 1.89 bits per heavy atom. The van der Waals surface area contributed by atoms with Crippen molar-refractivity contribution in [2.45, 2.75) is 51.4 Å². The van der Waals surface area contributed by atoms with E-state index in [2.05, 4.69) is 37.0 Å². The lowest BCUT2D eigenvalue weighted by atomic mass is 9.68. The van der Waals surface area contributed by atoms with Crippen molar-refractivity contribution >= 4 is 10.9 Å². The largest absolute Gasteiger partial charge is 0.358 e. The van der Waals surface area contributed by atoms with E-state index < -0.39 is 0 Å². The molecule has 0 aliphatic heterocycles. The van der Waals surface area contributed by atoms with Gasteiger partial charge in [-0.2, -0.15) is 0 Å². The molecule has 2 aromatic rings. The summed E-state index contributed by atoms with van der Waals surface area (Å²) in [4.78, 5) is 3.56. The Hall–Kier alpha value is -1.28. The predicted molar refractivity (Wildman–Crippen MR) is 81.6 cm³/mol. The number of hydrogen-bond donors (Lipinski definition) is 2. The van der Waals surface area contributed by atoms with Crippen molar-refractivity contribution in [3.8, 4) is 0 Å². The molecule has 1 aromatic carbocycles. The highest BCUT2D eigenvalue weighted by Crippen LogP contribution is 2.43. The summed E-state index contributed by atoms with van der Waals surface area (Å²) in [5, 5.41) is 1.39. The minimum absolute atomic E-state index is 0.203. The van der Waals surface area contributed by atoms with E-state index in [1.807, 2.05) is 0 Å². The molecule has 0 bridgehead atoms. The fraction of sp³-hybridized carbons (Fsp3) is 0.529. The molecule has 102 valence electrons. The highest BCUT2D eigenvalue weighted by Gasteiger charge is 2.35. The van der Waals surface area contributed by atoms with Gasteiger partial charge in [-0.1, -0.05) is 30.9 Å². The number of aryl methyl sites for hydroxylation is 2. The van der Waals surface area contributed by atoms with Crippen molar-refractivity contribution in [1.82, 2.24) is 4.98 Å². The van der Waals surface area contributed by atoms with Crippen LogP contribution in [0, 0.1) is 13.8 Å². The Morgan fingerprint density at radius 1 is 1.16 bits per heavy atom. The van der Waals surface area contributed by atoms with Crippen molar-refractivity contribution in [2.75, 3.05) is 6.54 Å². The van der Waals surface area contributed by atoms with Crippen LogP contribution in [-0.2, 0) is 5.41 Å². The topological polar surface area (TPSA) is 41.8 Å². The molecule has 3 rings (SSSR count). The third-order valence-electron chi connectivity index (χ3n) is 4.87. The smallest absolute Gasteiger partial charge is 0.0459 e. The first-order valence-electron chi connectivity index (χ1n) is 7.46. The second-order valence-electron chi connectivity index (χ2n) is 6.22. The zero-order chi connectivity index (χ0) is 13.5. The average molecular weight is 256 g/mol. The Labute approximate surface area is 115 Å². The molecule has 2 nitrogen and oxygen atoms in total. The van der Waals surface area contributed by atoms with Crippen LogP contribution in [0.15, 0.2) is 18.2 Å². The van der Waals surface area contributed by atoms with E-state index in [1.165, 1.54) is 59.8 Å². The molecule has 0 atom stereocenters. The van der Waals surface area contributed by atoms with Crippen LogP contribution in [0.1, 0.15) is 48.9 Å². The molecule has 1 aliphatic rings. The first-order valence-corrected chi connectivity index (χ1v) is 7.46. The Kier molecular flexibility index (Phi) is 3.14. The molecule has 19 heavy (non-hydrogen) atoms. The van der Waals surface area contributed by atoms with Gasteiger partial charge in [-0.15, -0.1) is 0 Å². The molecule has 1 aromatic heterocycles. The van der Waals surface area contributed by atoms with Crippen molar-refractivity contribution in [3.05, 3.63) is 35.0 Å². The van der Waals surface area contributed by atoms with Crippen molar-refractivity contribution in [3.63, 3.8) is 0 Å². The van der Waals surface area contributed by atoms with Crippen LogP contribution in [0.25, 0.3) is 10.9 Å². The number of fused-ring (bicyclic) bond motifs is 1. The van der Waals surface area contributed by atoms with Crippen LogP contribution in [0.4, 0.5) is 0 Å². The summed E-state index contributed by atoms with van der Waals surface area (Å²) in [6.45, 7) is 5.15. The normalized spacial score (nSPS) is 18.9. The fourth-order valence-electron chi connectivity index (χ4n) is 3.91. The van der Waals surface area contributed by atoms with Gasteiger partial charge >= 0.3 is 0 Å². The number of rotatable bonds is 2. The van der Waals surface area contributed by atoms with Crippen LogP contribution in [-0.4, -0.2) is 11.5 Å². The lowest BCUT2D eigenvalue weighted by Gasteiger charge is -2.37. The molecule has 0 radical (unpaired) electrons. The number of nitrogens with two attached hydrogens (primary N) is 1. The minimum atomic E-state index is 0.203. The first-order chi connectivity index (χ1) is 9.16. The van der Waals surface area contributed by atoms with E-state index in [-0.39, 0.29) is 5.41 Å². The predicted octanol–water partition coefficient (Wildman–Crippen LogP) is 3.95. The molecule has 0 amide bonds. The van der Waals surface area contributed by atoms with E-state index in [0.717, 1.165) is 6.54 Å². The summed E-state index contributed by atoms with van der Waals surface area (Å²) in [5.41, 5.74) is 11.8. The fourth-order valence-corrected chi connectivity index (χ4v) is 3.91. The second kappa shape index (κ2) is 4.68. The molecule has 1 fully saturated rings. The number of aromatic nitrogens is 1. The summed E-state index contributed by atoms with van der Waals surface area (Å²) in [5.74, 6) is 0. The van der Waals surface area contributed by atoms with E-state index in [9.17, 15) is 0 Å². The lowest BCUT2D eigenvalue weighted by Crippen LogP contribution is -2.37. The second-order valence-corrected chi connectivity index (χ2v) is 6.22. The Bertz CT molecular complexity index is 589. The van der Waals surface area contributed by atoms with Crippen LogP contribution < -0.4 is 5.73 Å². The van der Waals surface area contributed by atoms with Gasteiger partial charge < -0.3 is 10.7 Å². The number of benzene rings is 1. The standard InChI is InChI=1S/C17H24N2/c1-12-6-7-15-14(10-12)16(13(2)19-15)17(11-18)8-4-3-5-9-17/h6-7,10,19H,3-5,8-9,11,18H2,1-2H3. The van der Waals surface area contributed by atoms with Crippen LogP contribution >= 0.6 is 0 Å². The van der Waals surface area contributed by atoms with Crippen molar-refractivity contribution < 1.29 is 0 Å². The van der Waals surface area contributed by atoms with Gasteiger partial charge in [-0.25, -0.2) is 0 Å². The number of nitrogens with one attached hydrogen (secondary N) is 1. The quantitative estimate of drug-likeness (QED) is 0.839. The maximum absolute atomic E-state index is 6.21. The first kappa shape index (κ1) is 12.7. The zero-order valence-electron chi connectivity index (χ0n) is 12.1. The molecule has 0 spiro atoms. The van der Waals surface area contributed by atoms with Gasteiger partial charge in [0.05, 0.1) is 0 Å². The molecule has 1 aliphatic carbocycles. The third kappa shape index (κ3) is 1.99. The number of H-pyrrole nitrogens is 1. The van der Waals surface area contributed by atoms with Crippen LogP contribution in [0.3, 0.4) is 0 Å². The van der Waals surface area contributed by atoms with Gasteiger partial charge in [0, 0.05) is 28.6 Å². The summed E-state index contributed by atoms with van der Waals surface area (Å²) in [7, 11) is 0. The molecule has 0 saturated heterocycles. The maximum Gasteiger partial charge on any atom is 0.0459 e. The van der Waals surface area contributed by atoms with E-state index in [1.54, 1.807) is 0 Å². The van der Waals surface area contributed by atoms with Gasteiger partial charge in [0.1, 0.15) is 0 Å². The van der Waals surface area contributed by atoms with E-state index >= 15 is 0 Å². The monoisotopic (exact) mass is 256 g/mol. The SMILES string of the molecule is Cc1ccc2[nH]c(C)c(C3(CN)CCCCC3)c2c1.